The van der Waals surface area contributed by atoms with Crippen molar-refractivity contribution < 1.29 is 4.79 Å². The van der Waals surface area contributed by atoms with Gasteiger partial charge in [-0.1, -0.05) is 18.2 Å². The summed E-state index contributed by atoms with van der Waals surface area (Å²) in [5.74, 6) is 0.396. The van der Waals surface area contributed by atoms with Gasteiger partial charge in [0.1, 0.15) is 5.69 Å². The number of rotatable bonds is 5. The second kappa shape index (κ2) is 8.47. The van der Waals surface area contributed by atoms with Gasteiger partial charge >= 0.3 is 0 Å². The molecule has 1 amide bonds. The minimum absolute atomic E-state index is 0.0536. The van der Waals surface area contributed by atoms with Crippen molar-refractivity contribution in [3.05, 3.63) is 78.4 Å². The smallest absolute Gasteiger partial charge is 0.272 e. The molecule has 0 unspecified atom stereocenters. The zero-order chi connectivity index (χ0) is 19.2. The van der Waals surface area contributed by atoms with Gasteiger partial charge in [-0.2, -0.15) is 0 Å². The Morgan fingerprint density at radius 1 is 0.929 bits per heavy atom. The molecule has 1 N–H and O–H groups in total. The third kappa shape index (κ3) is 4.25. The van der Waals surface area contributed by atoms with Crippen LogP contribution in [-0.2, 0) is 6.54 Å². The van der Waals surface area contributed by atoms with E-state index in [1.807, 2.05) is 35.2 Å². The minimum atomic E-state index is -0.0536. The van der Waals surface area contributed by atoms with Crippen molar-refractivity contribution in [2.24, 2.45) is 0 Å². The van der Waals surface area contributed by atoms with Gasteiger partial charge in [0, 0.05) is 57.0 Å². The summed E-state index contributed by atoms with van der Waals surface area (Å²) in [5, 5.41) is 3.16. The van der Waals surface area contributed by atoms with Gasteiger partial charge in [0.05, 0.1) is 0 Å². The molecule has 28 heavy (non-hydrogen) atoms. The molecule has 0 spiro atoms. The van der Waals surface area contributed by atoms with E-state index in [4.69, 9.17) is 0 Å². The van der Waals surface area contributed by atoms with E-state index < -0.39 is 0 Å². The molecule has 0 atom stereocenters. The number of carbonyl (C=O) groups excluding carboxylic acids is 1. The standard InChI is InChI=1S/C21H22N6O/c28-20(27-14-12-26(13-15-27)18-4-2-1-3-5-18)19-8-11-23-21(25-19)24-16-17-6-9-22-10-7-17/h1-11H,12-16H2,(H,23,24,25). The molecule has 4 rings (SSSR count). The molecular formula is C21H22N6O. The lowest BCUT2D eigenvalue weighted by Gasteiger charge is -2.36. The molecular weight excluding hydrogens is 352 g/mol. The van der Waals surface area contributed by atoms with Gasteiger partial charge < -0.3 is 15.1 Å². The maximum atomic E-state index is 12.9. The van der Waals surface area contributed by atoms with E-state index >= 15 is 0 Å². The fourth-order valence-electron chi connectivity index (χ4n) is 3.21. The minimum Gasteiger partial charge on any atom is -0.368 e. The first-order chi connectivity index (χ1) is 13.8. The van der Waals surface area contributed by atoms with E-state index in [0.29, 0.717) is 31.3 Å². The molecule has 1 aromatic carbocycles. The van der Waals surface area contributed by atoms with Gasteiger partial charge in [0.25, 0.3) is 5.91 Å². The van der Waals surface area contributed by atoms with Crippen molar-refractivity contribution in [2.75, 3.05) is 36.4 Å². The number of hydrogen-bond donors (Lipinski definition) is 1. The fourth-order valence-corrected chi connectivity index (χ4v) is 3.21. The monoisotopic (exact) mass is 374 g/mol. The van der Waals surface area contributed by atoms with Crippen molar-refractivity contribution >= 4 is 17.5 Å². The Labute approximate surface area is 164 Å². The number of nitrogens with one attached hydrogen (secondary N) is 1. The number of pyridine rings is 1. The molecule has 7 heteroatoms. The van der Waals surface area contributed by atoms with Crippen LogP contribution in [0.4, 0.5) is 11.6 Å². The fraction of sp³-hybridized carbons (Fsp3) is 0.238. The highest BCUT2D eigenvalue weighted by atomic mass is 16.2. The van der Waals surface area contributed by atoms with Crippen LogP contribution in [0.15, 0.2) is 67.1 Å². The van der Waals surface area contributed by atoms with Gasteiger partial charge in [-0.05, 0) is 35.9 Å². The highest BCUT2D eigenvalue weighted by Gasteiger charge is 2.23. The zero-order valence-electron chi connectivity index (χ0n) is 15.5. The molecule has 0 bridgehead atoms. The molecule has 3 aromatic rings. The Balaban J connectivity index is 1.36. The first kappa shape index (κ1) is 17.9. The average Bonchev–Trinajstić information content (AvgIpc) is 2.79. The lowest BCUT2D eigenvalue weighted by Crippen LogP contribution is -2.49. The van der Waals surface area contributed by atoms with Gasteiger partial charge in [-0.15, -0.1) is 0 Å². The van der Waals surface area contributed by atoms with Crippen LogP contribution in [0.25, 0.3) is 0 Å². The Hall–Kier alpha value is -3.48. The van der Waals surface area contributed by atoms with Gasteiger partial charge in [-0.3, -0.25) is 9.78 Å². The van der Waals surface area contributed by atoms with Crippen LogP contribution in [0.2, 0.25) is 0 Å². The third-order valence-electron chi connectivity index (χ3n) is 4.76. The summed E-state index contributed by atoms with van der Waals surface area (Å²) in [6.07, 6.45) is 5.11. The van der Waals surface area contributed by atoms with Crippen molar-refractivity contribution in [3.8, 4) is 0 Å². The largest absolute Gasteiger partial charge is 0.368 e. The third-order valence-corrected chi connectivity index (χ3v) is 4.76. The summed E-state index contributed by atoms with van der Waals surface area (Å²) in [4.78, 5) is 29.6. The molecule has 142 valence electrons. The molecule has 1 aliphatic heterocycles. The average molecular weight is 374 g/mol. The van der Waals surface area contributed by atoms with Crippen LogP contribution in [0.1, 0.15) is 16.1 Å². The normalized spacial score (nSPS) is 14.0. The van der Waals surface area contributed by atoms with Crippen LogP contribution in [0.5, 0.6) is 0 Å². The summed E-state index contributed by atoms with van der Waals surface area (Å²) in [5.41, 5.74) is 2.69. The number of benzene rings is 1. The SMILES string of the molecule is O=C(c1ccnc(NCc2ccncc2)n1)N1CCN(c2ccccc2)CC1. The Bertz CT molecular complexity index is 910. The van der Waals surface area contributed by atoms with E-state index in [0.717, 1.165) is 18.7 Å². The van der Waals surface area contributed by atoms with E-state index in [1.165, 1.54) is 5.69 Å². The van der Waals surface area contributed by atoms with Crippen molar-refractivity contribution in [3.63, 3.8) is 0 Å². The van der Waals surface area contributed by atoms with Crippen molar-refractivity contribution in [2.45, 2.75) is 6.54 Å². The summed E-state index contributed by atoms with van der Waals surface area (Å²) in [7, 11) is 0. The van der Waals surface area contributed by atoms with Gasteiger partial charge in [-0.25, -0.2) is 9.97 Å². The van der Waals surface area contributed by atoms with Crippen LogP contribution in [0, 0.1) is 0 Å². The van der Waals surface area contributed by atoms with Crippen LogP contribution in [0.3, 0.4) is 0 Å². The first-order valence-electron chi connectivity index (χ1n) is 9.35. The maximum absolute atomic E-state index is 12.9. The highest BCUT2D eigenvalue weighted by Crippen LogP contribution is 2.16. The molecule has 1 saturated heterocycles. The van der Waals surface area contributed by atoms with Crippen molar-refractivity contribution in [1.82, 2.24) is 19.9 Å². The number of amides is 1. The van der Waals surface area contributed by atoms with Crippen LogP contribution in [-0.4, -0.2) is 51.9 Å². The summed E-state index contributed by atoms with van der Waals surface area (Å²) in [6, 6.07) is 15.8. The lowest BCUT2D eigenvalue weighted by atomic mass is 10.2. The molecule has 3 heterocycles. The number of anilines is 2. The zero-order valence-corrected chi connectivity index (χ0v) is 15.5. The molecule has 0 radical (unpaired) electrons. The predicted octanol–water partition coefficient (Wildman–Crippen LogP) is 2.45. The van der Waals surface area contributed by atoms with E-state index in [1.54, 1.807) is 24.7 Å². The molecule has 1 aliphatic rings. The molecule has 1 fully saturated rings. The van der Waals surface area contributed by atoms with Gasteiger partial charge in [0.2, 0.25) is 5.95 Å². The second-order valence-electron chi connectivity index (χ2n) is 6.59. The summed E-state index contributed by atoms with van der Waals surface area (Å²) in [6.45, 7) is 3.56. The summed E-state index contributed by atoms with van der Waals surface area (Å²) >= 11 is 0. The quantitative estimate of drug-likeness (QED) is 0.739. The van der Waals surface area contributed by atoms with Crippen molar-refractivity contribution in [1.29, 1.82) is 0 Å². The number of nitrogens with zero attached hydrogens (tertiary/aromatic N) is 5. The Morgan fingerprint density at radius 3 is 2.43 bits per heavy atom. The second-order valence-corrected chi connectivity index (χ2v) is 6.59. The summed E-state index contributed by atoms with van der Waals surface area (Å²) < 4.78 is 0. The molecule has 0 saturated carbocycles. The van der Waals surface area contributed by atoms with Crippen LogP contribution < -0.4 is 10.2 Å². The predicted molar refractivity (Wildman–Crippen MR) is 108 cm³/mol. The first-order valence-corrected chi connectivity index (χ1v) is 9.35. The molecule has 7 nitrogen and oxygen atoms in total. The van der Waals surface area contributed by atoms with E-state index in [-0.39, 0.29) is 5.91 Å². The molecule has 2 aromatic heterocycles. The molecule has 0 aliphatic carbocycles. The topological polar surface area (TPSA) is 74.2 Å². The number of aromatic nitrogens is 3. The Morgan fingerprint density at radius 2 is 1.68 bits per heavy atom. The maximum Gasteiger partial charge on any atom is 0.272 e. The number of carbonyl (C=O) groups is 1. The number of piperazine rings is 1. The van der Waals surface area contributed by atoms with E-state index in [9.17, 15) is 4.79 Å². The van der Waals surface area contributed by atoms with Crippen LogP contribution >= 0.6 is 0 Å². The Kier molecular flexibility index (Phi) is 5.42. The highest BCUT2D eigenvalue weighted by molar-refractivity contribution is 5.92. The number of hydrogen-bond acceptors (Lipinski definition) is 6. The van der Waals surface area contributed by atoms with E-state index in [2.05, 4.69) is 37.3 Å². The van der Waals surface area contributed by atoms with Gasteiger partial charge in [0.15, 0.2) is 0 Å². The lowest BCUT2D eigenvalue weighted by molar-refractivity contribution is 0.0741. The number of para-hydroxylation sites is 1.